The molecular weight excluding hydrogens is 368 g/mol. The van der Waals surface area contributed by atoms with Crippen LogP contribution in [0, 0.1) is 11.8 Å². The number of hydrogen-bond donors (Lipinski definition) is 1. The molecular formula is C19H26N2O5S. The van der Waals surface area contributed by atoms with Crippen LogP contribution < -0.4 is 0 Å². The Balaban J connectivity index is 1.57. The Bertz CT molecular complexity index is 794. The van der Waals surface area contributed by atoms with E-state index >= 15 is 0 Å². The Kier molecular flexibility index (Phi) is 5.86. The highest BCUT2D eigenvalue weighted by molar-refractivity contribution is 7.89. The number of benzene rings is 1. The summed E-state index contributed by atoms with van der Waals surface area (Å²) in [5.74, 6) is -0.336. The van der Waals surface area contributed by atoms with Crippen molar-refractivity contribution in [2.24, 2.45) is 11.8 Å². The molecule has 0 radical (unpaired) electrons. The van der Waals surface area contributed by atoms with Gasteiger partial charge < -0.3 is 10.0 Å². The molecule has 0 aromatic heterocycles. The van der Waals surface area contributed by atoms with E-state index in [1.165, 1.54) is 41.4 Å². The highest BCUT2D eigenvalue weighted by Gasteiger charge is 2.33. The third kappa shape index (κ3) is 4.68. The normalized spacial score (nSPS) is 19.0. The van der Waals surface area contributed by atoms with E-state index in [0.717, 1.165) is 18.9 Å². The van der Waals surface area contributed by atoms with Gasteiger partial charge in [-0.1, -0.05) is 12.8 Å². The number of amides is 1. The Hall–Kier alpha value is -1.93. The van der Waals surface area contributed by atoms with Gasteiger partial charge in [-0.05, 0) is 49.4 Å². The maximum Gasteiger partial charge on any atom is 0.335 e. The molecule has 1 heterocycles. The molecule has 0 unspecified atom stereocenters. The van der Waals surface area contributed by atoms with Gasteiger partial charge in [0.1, 0.15) is 0 Å². The average Bonchev–Trinajstić information content (AvgIpc) is 3.50. The van der Waals surface area contributed by atoms with E-state index in [0.29, 0.717) is 25.9 Å². The fraction of sp³-hybridized carbons (Fsp3) is 0.579. The van der Waals surface area contributed by atoms with Crippen molar-refractivity contribution < 1.29 is 23.1 Å². The second kappa shape index (κ2) is 7.98. The molecule has 1 N–H and O–H groups in total. The summed E-state index contributed by atoms with van der Waals surface area (Å²) in [5.41, 5.74) is 0.0486. The van der Waals surface area contributed by atoms with Crippen molar-refractivity contribution in [1.82, 2.24) is 9.21 Å². The molecule has 148 valence electrons. The number of sulfonamides is 1. The molecule has 0 bridgehead atoms. The quantitative estimate of drug-likeness (QED) is 0.764. The van der Waals surface area contributed by atoms with E-state index in [1.54, 1.807) is 4.90 Å². The van der Waals surface area contributed by atoms with Gasteiger partial charge in [0.15, 0.2) is 0 Å². The zero-order chi connectivity index (χ0) is 19.6. The van der Waals surface area contributed by atoms with E-state index in [1.807, 2.05) is 7.05 Å². The van der Waals surface area contributed by atoms with Gasteiger partial charge in [-0.25, -0.2) is 13.2 Å². The van der Waals surface area contributed by atoms with Crippen molar-refractivity contribution in [3.63, 3.8) is 0 Å². The van der Waals surface area contributed by atoms with Crippen LogP contribution in [-0.4, -0.2) is 61.3 Å². The topological polar surface area (TPSA) is 95.0 Å². The molecule has 1 saturated heterocycles. The zero-order valence-electron chi connectivity index (χ0n) is 15.5. The van der Waals surface area contributed by atoms with Crippen LogP contribution in [0.3, 0.4) is 0 Å². The number of carboxylic acid groups (broad SMARTS) is 1. The minimum Gasteiger partial charge on any atom is -0.478 e. The molecule has 1 aromatic carbocycles. The molecule has 8 heteroatoms. The van der Waals surface area contributed by atoms with Gasteiger partial charge in [-0.15, -0.1) is 0 Å². The molecule has 0 spiro atoms. The minimum atomic E-state index is -3.67. The van der Waals surface area contributed by atoms with Crippen LogP contribution in [0.25, 0.3) is 0 Å². The second-order valence-electron chi connectivity index (χ2n) is 7.50. The van der Waals surface area contributed by atoms with Crippen molar-refractivity contribution in [2.75, 3.05) is 26.7 Å². The van der Waals surface area contributed by atoms with Gasteiger partial charge in [0.2, 0.25) is 15.9 Å². The summed E-state index contributed by atoms with van der Waals surface area (Å²) in [5, 5.41) is 8.93. The number of rotatable bonds is 7. The first-order valence-electron chi connectivity index (χ1n) is 9.37. The molecule has 1 aliphatic heterocycles. The molecule has 1 aromatic rings. The van der Waals surface area contributed by atoms with Gasteiger partial charge in [0, 0.05) is 32.6 Å². The van der Waals surface area contributed by atoms with Crippen molar-refractivity contribution in [2.45, 2.75) is 37.0 Å². The highest BCUT2D eigenvalue weighted by atomic mass is 32.2. The van der Waals surface area contributed by atoms with Crippen LogP contribution in [0.1, 0.15) is 42.5 Å². The van der Waals surface area contributed by atoms with E-state index in [4.69, 9.17) is 5.11 Å². The van der Waals surface area contributed by atoms with Crippen LogP contribution in [-0.2, 0) is 14.8 Å². The molecule has 27 heavy (non-hydrogen) atoms. The monoisotopic (exact) mass is 394 g/mol. The lowest BCUT2D eigenvalue weighted by atomic mass is 9.96. The van der Waals surface area contributed by atoms with Crippen LogP contribution >= 0.6 is 0 Å². The molecule has 1 aliphatic carbocycles. The Morgan fingerprint density at radius 2 is 1.70 bits per heavy atom. The summed E-state index contributed by atoms with van der Waals surface area (Å²) in [6.45, 7) is 1.38. The lowest BCUT2D eigenvalue weighted by Crippen LogP contribution is -2.43. The average molecular weight is 394 g/mol. The maximum atomic E-state index is 12.7. The molecule has 2 fully saturated rings. The van der Waals surface area contributed by atoms with Crippen LogP contribution in [0.15, 0.2) is 29.2 Å². The number of aromatic carboxylic acids is 1. The standard InChI is InChI=1S/C19H26N2O5S/c1-20(11-8-14-2-3-14)18(22)15-9-12-21(13-10-15)27(25,26)17-6-4-16(5-7-17)19(23)24/h4-7,14-15H,2-3,8-13H2,1H3,(H,23,24). The third-order valence-electron chi connectivity index (χ3n) is 5.49. The predicted molar refractivity (Wildman–Crippen MR) is 99.9 cm³/mol. The SMILES string of the molecule is CN(CCC1CC1)C(=O)C1CCN(S(=O)(=O)c2ccc(C(=O)O)cc2)CC1. The number of carbonyl (C=O) groups is 2. The summed E-state index contributed by atoms with van der Waals surface area (Å²) in [7, 11) is -1.84. The largest absolute Gasteiger partial charge is 0.478 e. The smallest absolute Gasteiger partial charge is 0.335 e. The van der Waals surface area contributed by atoms with Gasteiger partial charge in [-0.3, -0.25) is 4.79 Å². The maximum absolute atomic E-state index is 12.7. The number of nitrogens with zero attached hydrogens (tertiary/aromatic N) is 2. The molecule has 7 nitrogen and oxygen atoms in total. The van der Waals surface area contributed by atoms with Crippen molar-refractivity contribution in [3.05, 3.63) is 29.8 Å². The van der Waals surface area contributed by atoms with Crippen LogP contribution in [0.5, 0.6) is 0 Å². The molecule has 1 amide bonds. The first-order valence-corrected chi connectivity index (χ1v) is 10.8. The molecule has 2 aliphatic rings. The number of hydrogen-bond acceptors (Lipinski definition) is 4. The van der Waals surface area contributed by atoms with Crippen molar-refractivity contribution in [1.29, 1.82) is 0 Å². The summed E-state index contributed by atoms with van der Waals surface area (Å²) in [4.78, 5) is 25.3. The first-order chi connectivity index (χ1) is 12.8. The predicted octanol–water partition coefficient (Wildman–Crippen LogP) is 2.04. The Morgan fingerprint density at radius 3 is 2.22 bits per heavy atom. The Morgan fingerprint density at radius 1 is 1.11 bits per heavy atom. The number of piperidine rings is 1. The lowest BCUT2D eigenvalue weighted by Gasteiger charge is -2.32. The molecule has 3 rings (SSSR count). The second-order valence-corrected chi connectivity index (χ2v) is 9.44. The van der Waals surface area contributed by atoms with Gasteiger partial charge in [0.05, 0.1) is 10.5 Å². The van der Waals surface area contributed by atoms with E-state index in [-0.39, 0.29) is 22.3 Å². The molecule has 1 saturated carbocycles. The van der Waals surface area contributed by atoms with E-state index in [2.05, 4.69) is 0 Å². The third-order valence-corrected chi connectivity index (χ3v) is 7.40. The summed E-state index contributed by atoms with van der Waals surface area (Å²) in [6.07, 6.45) is 4.62. The molecule has 0 atom stereocenters. The Labute approximate surface area is 160 Å². The summed E-state index contributed by atoms with van der Waals surface area (Å²) in [6, 6.07) is 5.23. The highest BCUT2D eigenvalue weighted by Crippen LogP contribution is 2.32. The van der Waals surface area contributed by atoms with E-state index < -0.39 is 16.0 Å². The van der Waals surface area contributed by atoms with Crippen LogP contribution in [0.2, 0.25) is 0 Å². The van der Waals surface area contributed by atoms with E-state index in [9.17, 15) is 18.0 Å². The van der Waals surface area contributed by atoms with Crippen LogP contribution in [0.4, 0.5) is 0 Å². The lowest BCUT2D eigenvalue weighted by molar-refractivity contribution is -0.135. The minimum absolute atomic E-state index is 0.0486. The van der Waals surface area contributed by atoms with Gasteiger partial charge in [-0.2, -0.15) is 4.31 Å². The summed E-state index contributed by atoms with van der Waals surface area (Å²) >= 11 is 0. The van der Waals surface area contributed by atoms with Crippen molar-refractivity contribution in [3.8, 4) is 0 Å². The van der Waals surface area contributed by atoms with Crippen molar-refractivity contribution >= 4 is 21.9 Å². The number of carbonyl (C=O) groups excluding carboxylic acids is 1. The number of carboxylic acids is 1. The fourth-order valence-electron chi connectivity index (χ4n) is 3.47. The first kappa shape index (κ1) is 19.8. The fourth-order valence-corrected chi connectivity index (χ4v) is 4.94. The summed E-state index contributed by atoms with van der Waals surface area (Å²) < 4.78 is 26.9. The van der Waals surface area contributed by atoms with Gasteiger partial charge in [0.25, 0.3) is 0 Å². The zero-order valence-corrected chi connectivity index (χ0v) is 16.3. The van der Waals surface area contributed by atoms with Gasteiger partial charge >= 0.3 is 5.97 Å².